The summed E-state index contributed by atoms with van der Waals surface area (Å²) < 4.78 is 6.21. The van der Waals surface area contributed by atoms with Crippen molar-refractivity contribution in [2.24, 2.45) is 0 Å². The van der Waals surface area contributed by atoms with Crippen molar-refractivity contribution in [2.45, 2.75) is 37.8 Å². The van der Waals surface area contributed by atoms with Crippen LogP contribution in [-0.4, -0.2) is 58.5 Å². The summed E-state index contributed by atoms with van der Waals surface area (Å²) in [5, 5.41) is 14.8. The molecule has 29 heavy (non-hydrogen) atoms. The molecule has 3 aromatic heterocycles. The van der Waals surface area contributed by atoms with Gasteiger partial charge >= 0.3 is 0 Å². The molecule has 2 fully saturated rings. The highest BCUT2D eigenvalue weighted by atomic mass is 32.1. The Labute approximate surface area is 173 Å². The number of ether oxygens (including phenoxy) is 1. The number of rotatable bonds is 3. The van der Waals surface area contributed by atoms with Gasteiger partial charge in [-0.2, -0.15) is 0 Å². The lowest BCUT2D eigenvalue weighted by Crippen LogP contribution is -2.42. The SMILES string of the molecule is Cc1cc(N[C@@H]2COC3(CCN(C)CC3)C2)nnc1-c1c[nH]c2sccc2c1=O. The lowest BCUT2D eigenvalue weighted by molar-refractivity contribution is -0.0391. The number of fused-ring (bicyclic) bond motifs is 1. The van der Waals surface area contributed by atoms with E-state index in [4.69, 9.17) is 4.74 Å². The van der Waals surface area contributed by atoms with Gasteiger partial charge in [0.15, 0.2) is 5.43 Å². The van der Waals surface area contributed by atoms with E-state index in [1.54, 1.807) is 6.20 Å². The zero-order valence-electron chi connectivity index (χ0n) is 16.7. The first-order chi connectivity index (χ1) is 14.0. The minimum absolute atomic E-state index is 0.00786. The molecule has 0 radical (unpaired) electrons. The highest BCUT2D eigenvalue weighted by molar-refractivity contribution is 7.16. The first-order valence-corrected chi connectivity index (χ1v) is 10.9. The quantitative estimate of drug-likeness (QED) is 0.689. The third-order valence-electron chi connectivity index (χ3n) is 6.20. The molecule has 1 spiro atoms. The second-order valence-electron chi connectivity index (χ2n) is 8.30. The van der Waals surface area contributed by atoms with Crippen molar-refractivity contribution >= 4 is 27.4 Å². The molecule has 1 atom stereocenters. The molecular weight excluding hydrogens is 386 g/mol. The number of thiophene rings is 1. The van der Waals surface area contributed by atoms with Crippen molar-refractivity contribution in [3.8, 4) is 11.3 Å². The number of hydrogen-bond acceptors (Lipinski definition) is 7. The van der Waals surface area contributed by atoms with Gasteiger partial charge < -0.3 is 19.9 Å². The molecule has 0 saturated carbocycles. The van der Waals surface area contributed by atoms with Gasteiger partial charge in [-0.05, 0) is 56.3 Å². The van der Waals surface area contributed by atoms with Gasteiger partial charge in [0.2, 0.25) is 0 Å². The Morgan fingerprint density at radius 1 is 1.34 bits per heavy atom. The number of nitrogens with one attached hydrogen (secondary N) is 2. The van der Waals surface area contributed by atoms with Crippen LogP contribution in [0.5, 0.6) is 0 Å². The second-order valence-corrected chi connectivity index (χ2v) is 9.21. The molecule has 5 rings (SSSR count). The average Bonchev–Trinajstić information content (AvgIpc) is 3.34. The molecule has 0 amide bonds. The Balaban J connectivity index is 1.34. The predicted molar refractivity (Wildman–Crippen MR) is 116 cm³/mol. The van der Waals surface area contributed by atoms with E-state index in [2.05, 4.69) is 32.4 Å². The summed E-state index contributed by atoms with van der Waals surface area (Å²) in [5.74, 6) is 0.734. The molecule has 3 aromatic rings. The lowest BCUT2D eigenvalue weighted by atomic mass is 9.87. The van der Waals surface area contributed by atoms with Crippen LogP contribution in [0.2, 0.25) is 0 Å². The van der Waals surface area contributed by atoms with Crippen molar-refractivity contribution in [1.29, 1.82) is 0 Å². The molecule has 0 bridgehead atoms. The summed E-state index contributed by atoms with van der Waals surface area (Å²) in [6, 6.07) is 4.06. The zero-order valence-corrected chi connectivity index (χ0v) is 17.5. The van der Waals surface area contributed by atoms with Gasteiger partial charge in [-0.3, -0.25) is 4.79 Å². The molecule has 2 N–H and O–H groups in total. The number of H-pyrrole nitrogens is 1. The van der Waals surface area contributed by atoms with E-state index >= 15 is 0 Å². The van der Waals surface area contributed by atoms with Crippen LogP contribution in [0.3, 0.4) is 0 Å². The van der Waals surface area contributed by atoms with Crippen molar-refractivity contribution in [3.05, 3.63) is 39.5 Å². The maximum Gasteiger partial charge on any atom is 0.199 e. The highest BCUT2D eigenvalue weighted by Gasteiger charge is 2.42. The fraction of sp³-hybridized carbons (Fsp3) is 0.476. The van der Waals surface area contributed by atoms with Gasteiger partial charge in [-0.1, -0.05) is 0 Å². The molecule has 0 unspecified atom stereocenters. The Hall–Kier alpha value is -2.29. The number of pyridine rings is 1. The molecule has 0 aliphatic carbocycles. The maximum absolute atomic E-state index is 12.8. The Bertz CT molecular complexity index is 1100. The molecular formula is C21H25N5O2S. The van der Waals surface area contributed by atoms with Crippen molar-refractivity contribution in [1.82, 2.24) is 20.1 Å². The monoisotopic (exact) mass is 411 g/mol. The number of piperidine rings is 1. The van der Waals surface area contributed by atoms with Crippen LogP contribution in [0.4, 0.5) is 5.82 Å². The lowest BCUT2D eigenvalue weighted by Gasteiger charge is -2.36. The van der Waals surface area contributed by atoms with Gasteiger partial charge in [-0.15, -0.1) is 21.5 Å². The first kappa shape index (κ1) is 18.7. The van der Waals surface area contributed by atoms with Crippen molar-refractivity contribution in [3.63, 3.8) is 0 Å². The standard InChI is InChI=1S/C21H25N5O2S/c1-13-9-17(23-14-10-21(28-12-14)4-6-26(2)7-5-21)24-25-18(13)16-11-22-20-15(19(16)27)3-8-29-20/h3,8-9,11,14H,4-7,10,12H2,1-2H3,(H,22,27)(H,23,24)/t14-/m0/s1. The van der Waals surface area contributed by atoms with E-state index in [0.29, 0.717) is 23.3 Å². The van der Waals surface area contributed by atoms with E-state index in [9.17, 15) is 4.79 Å². The minimum Gasteiger partial charge on any atom is -0.373 e. The number of aromatic amines is 1. The summed E-state index contributed by atoms with van der Waals surface area (Å²) >= 11 is 1.52. The molecule has 0 aromatic carbocycles. The molecule has 2 aliphatic heterocycles. The van der Waals surface area contributed by atoms with Crippen LogP contribution in [-0.2, 0) is 4.74 Å². The van der Waals surface area contributed by atoms with Gasteiger partial charge in [0, 0.05) is 19.3 Å². The largest absolute Gasteiger partial charge is 0.373 e. The fourth-order valence-corrected chi connectivity index (χ4v) is 5.22. The van der Waals surface area contributed by atoms with E-state index < -0.39 is 0 Å². The molecule has 152 valence electrons. The summed E-state index contributed by atoms with van der Waals surface area (Å²) in [7, 11) is 2.17. The number of nitrogens with zero attached hydrogens (tertiary/aromatic N) is 3. The molecule has 2 aliphatic rings. The number of likely N-dealkylation sites (tertiary alicyclic amines) is 1. The molecule has 2 saturated heterocycles. The van der Waals surface area contributed by atoms with Crippen LogP contribution >= 0.6 is 11.3 Å². The van der Waals surface area contributed by atoms with Gasteiger partial charge in [0.05, 0.1) is 29.2 Å². The molecule has 5 heterocycles. The number of hydrogen-bond donors (Lipinski definition) is 2. The van der Waals surface area contributed by atoms with Gasteiger partial charge in [0.25, 0.3) is 0 Å². The van der Waals surface area contributed by atoms with Gasteiger partial charge in [0.1, 0.15) is 16.3 Å². The maximum atomic E-state index is 12.8. The smallest absolute Gasteiger partial charge is 0.199 e. The van der Waals surface area contributed by atoms with E-state index in [1.165, 1.54) is 11.3 Å². The molecule has 7 nitrogen and oxygen atoms in total. The third kappa shape index (κ3) is 3.45. The second kappa shape index (κ2) is 7.19. The third-order valence-corrected chi connectivity index (χ3v) is 7.05. The van der Waals surface area contributed by atoms with Crippen LogP contribution in [0.25, 0.3) is 21.5 Å². The Kier molecular flexibility index (Phi) is 4.64. The van der Waals surface area contributed by atoms with E-state index in [-0.39, 0.29) is 17.1 Å². The number of aromatic nitrogens is 3. The van der Waals surface area contributed by atoms with E-state index in [1.807, 2.05) is 24.4 Å². The topological polar surface area (TPSA) is 83.1 Å². The van der Waals surface area contributed by atoms with Crippen molar-refractivity contribution < 1.29 is 4.74 Å². The summed E-state index contributed by atoms with van der Waals surface area (Å²) in [5.41, 5.74) is 2.11. The zero-order chi connectivity index (χ0) is 20.0. The summed E-state index contributed by atoms with van der Waals surface area (Å²) in [6.45, 7) is 4.84. The van der Waals surface area contributed by atoms with Crippen LogP contribution in [0.1, 0.15) is 24.8 Å². The van der Waals surface area contributed by atoms with Crippen molar-refractivity contribution in [2.75, 3.05) is 32.1 Å². The number of anilines is 1. The average molecular weight is 412 g/mol. The minimum atomic E-state index is -0.00786. The van der Waals surface area contributed by atoms with Crippen LogP contribution in [0, 0.1) is 6.92 Å². The fourth-order valence-electron chi connectivity index (χ4n) is 4.47. The normalized spacial score (nSPS) is 21.8. The first-order valence-electron chi connectivity index (χ1n) is 10.1. The highest BCUT2D eigenvalue weighted by Crippen LogP contribution is 2.36. The van der Waals surface area contributed by atoms with E-state index in [0.717, 1.165) is 48.6 Å². The Morgan fingerprint density at radius 3 is 2.97 bits per heavy atom. The molecule has 8 heteroatoms. The number of aryl methyl sites for hydroxylation is 1. The van der Waals surface area contributed by atoms with Gasteiger partial charge in [-0.25, -0.2) is 0 Å². The summed E-state index contributed by atoms with van der Waals surface area (Å²) in [4.78, 5) is 19.2. The predicted octanol–water partition coefficient (Wildman–Crippen LogP) is 3.02. The van der Waals surface area contributed by atoms with Crippen LogP contribution < -0.4 is 10.7 Å². The summed E-state index contributed by atoms with van der Waals surface area (Å²) in [6.07, 6.45) is 4.90. The van der Waals surface area contributed by atoms with Crippen LogP contribution in [0.15, 0.2) is 28.5 Å². The Morgan fingerprint density at radius 2 is 2.17 bits per heavy atom.